The highest BCUT2D eigenvalue weighted by Gasteiger charge is 2.24. The topological polar surface area (TPSA) is 108 Å². The summed E-state index contributed by atoms with van der Waals surface area (Å²) in [6.45, 7) is 4.61. The molecule has 0 aromatic rings. The number of allylic oxidation sites excluding steroid dienone is 8. The molecule has 2 N–H and O–H groups in total. The monoisotopic (exact) mass is 865 g/mol. The lowest BCUT2D eigenvalue weighted by Gasteiger charge is -2.30. The van der Waals surface area contributed by atoms with Gasteiger partial charge in [0.15, 0.2) is 0 Å². The van der Waals surface area contributed by atoms with Gasteiger partial charge in [-0.2, -0.15) is 0 Å². The van der Waals surface area contributed by atoms with Gasteiger partial charge in [-0.3, -0.25) is 9.36 Å². The highest BCUT2D eigenvalue weighted by atomic mass is 31.2. The van der Waals surface area contributed by atoms with E-state index in [1.54, 1.807) is 0 Å². The van der Waals surface area contributed by atoms with E-state index >= 15 is 0 Å². The molecule has 8 nitrogen and oxygen atoms in total. The Morgan fingerprint density at radius 3 is 1.48 bits per heavy atom. The second-order valence-corrected chi connectivity index (χ2v) is 19.6. The van der Waals surface area contributed by atoms with E-state index in [1.165, 1.54) is 122 Å². The summed E-state index contributed by atoms with van der Waals surface area (Å²) in [6.07, 6.45) is 54.0. The van der Waals surface area contributed by atoms with E-state index in [0.29, 0.717) is 23.9 Å². The molecule has 0 rings (SSSR count). The third-order valence-corrected chi connectivity index (χ3v) is 12.0. The third-order valence-electron chi connectivity index (χ3n) is 11.1. The molecule has 0 bridgehead atoms. The van der Waals surface area contributed by atoms with Crippen molar-refractivity contribution in [3.8, 4) is 0 Å². The molecule has 0 aliphatic heterocycles. The van der Waals surface area contributed by atoms with Crippen molar-refractivity contribution >= 4 is 13.7 Å². The highest BCUT2D eigenvalue weighted by molar-refractivity contribution is 7.45. The fourth-order valence-electron chi connectivity index (χ4n) is 7.15. The number of aliphatic hydroxyl groups excluding tert-OH is 1. The Balaban J connectivity index is 4.30. The molecular weight excluding hydrogens is 768 g/mol. The number of hydrogen-bond donors (Lipinski definition) is 2. The van der Waals surface area contributed by atoms with Gasteiger partial charge in [0.2, 0.25) is 5.91 Å². The summed E-state index contributed by atoms with van der Waals surface area (Å²) >= 11 is 0. The number of likely N-dealkylation sites (N-methyl/N-ethyl adjacent to an activating group) is 1. The van der Waals surface area contributed by atoms with Gasteiger partial charge in [-0.1, -0.05) is 210 Å². The van der Waals surface area contributed by atoms with Gasteiger partial charge >= 0.3 is 0 Å². The number of aliphatic hydroxyl groups is 1. The lowest BCUT2D eigenvalue weighted by molar-refractivity contribution is -0.870. The van der Waals surface area contributed by atoms with E-state index in [1.807, 2.05) is 21.1 Å². The zero-order chi connectivity index (χ0) is 44.3. The first kappa shape index (κ1) is 58.5. The lowest BCUT2D eigenvalue weighted by Crippen LogP contribution is -2.46. The standard InChI is InChI=1S/C51H97N2O6P/c1-6-8-10-12-14-16-18-20-22-24-25-26-27-29-31-33-35-37-39-41-43-45-51(55)52-49(48-59-60(56,57)58-47-46-53(3,4)5)50(54)44-42-40-38-36-34-32-30-28-23-21-19-17-15-13-11-9-7-2/h8,10,14,16,20,22,25-26,49-50,54H,6-7,9,11-13,15,17-19,21,23-24,27-48H2,1-5H3,(H-,52,55,56,57)/b10-8-,16-14-,22-20-,26-25-. The molecule has 0 heterocycles. The van der Waals surface area contributed by atoms with Gasteiger partial charge in [-0.25, -0.2) is 0 Å². The van der Waals surface area contributed by atoms with Crippen molar-refractivity contribution in [1.29, 1.82) is 0 Å². The average Bonchev–Trinajstić information content (AvgIpc) is 3.20. The quantitative estimate of drug-likeness (QED) is 0.0273. The first-order chi connectivity index (χ1) is 29.0. The van der Waals surface area contributed by atoms with Crippen molar-refractivity contribution in [2.45, 2.75) is 231 Å². The van der Waals surface area contributed by atoms with Crippen LogP contribution in [0.2, 0.25) is 0 Å². The number of nitrogens with one attached hydrogen (secondary N) is 1. The van der Waals surface area contributed by atoms with Crippen LogP contribution in [0, 0.1) is 0 Å². The molecule has 0 aliphatic rings. The van der Waals surface area contributed by atoms with Crippen LogP contribution in [0.3, 0.4) is 0 Å². The summed E-state index contributed by atoms with van der Waals surface area (Å²) in [6, 6.07) is -0.806. The van der Waals surface area contributed by atoms with Gasteiger partial charge in [-0.05, 0) is 51.4 Å². The maximum atomic E-state index is 12.9. The Kier molecular flexibility index (Phi) is 41.6. The van der Waals surface area contributed by atoms with Crippen molar-refractivity contribution < 1.29 is 32.9 Å². The van der Waals surface area contributed by atoms with Gasteiger partial charge in [0.25, 0.3) is 7.82 Å². The number of hydrogen-bond acceptors (Lipinski definition) is 6. The zero-order valence-electron chi connectivity index (χ0n) is 39.9. The van der Waals surface area contributed by atoms with Crippen molar-refractivity contribution in [3.63, 3.8) is 0 Å². The van der Waals surface area contributed by atoms with Gasteiger partial charge in [0, 0.05) is 6.42 Å². The summed E-state index contributed by atoms with van der Waals surface area (Å²) in [4.78, 5) is 25.4. The minimum Gasteiger partial charge on any atom is -0.756 e. The SMILES string of the molecule is CC/C=C\C/C=C\C/C=C\C/C=C\CCCCCCCCCCC(=O)NC(COP(=O)([O-])OCC[N+](C)(C)C)C(O)CCCCCCCCCCCCCCCCCCC. The predicted molar refractivity (Wildman–Crippen MR) is 256 cm³/mol. The van der Waals surface area contributed by atoms with Crippen molar-refractivity contribution in [1.82, 2.24) is 5.32 Å². The molecule has 9 heteroatoms. The molecular formula is C51H97N2O6P. The maximum Gasteiger partial charge on any atom is 0.268 e. The number of unbranched alkanes of at least 4 members (excludes halogenated alkanes) is 24. The second-order valence-electron chi connectivity index (χ2n) is 18.1. The number of phosphoric ester groups is 1. The summed E-state index contributed by atoms with van der Waals surface area (Å²) in [5.41, 5.74) is 0. The molecule has 0 saturated heterocycles. The minimum atomic E-state index is -4.57. The third kappa shape index (κ3) is 44.5. The Morgan fingerprint density at radius 1 is 0.600 bits per heavy atom. The minimum absolute atomic E-state index is 0.00907. The number of quaternary nitrogens is 1. The fourth-order valence-corrected chi connectivity index (χ4v) is 7.87. The van der Waals surface area contributed by atoms with Crippen molar-refractivity contribution in [2.75, 3.05) is 40.9 Å². The average molecular weight is 865 g/mol. The molecule has 3 unspecified atom stereocenters. The maximum absolute atomic E-state index is 12.9. The van der Waals surface area contributed by atoms with Crippen LogP contribution < -0.4 is 10.2 Å². The van der Waals surface area contributed by atoms with Crippen LogP contribution in [0.15, 0.2) is 48.6 Å². The Morgan fingerprint density at radius 2 is 1.02 bits per heavy atom. The van der Waals surface area contributed by atoms with Crippen molar-refractivity contribution in [3.05, 3.63) is 48.6 Å². The normalized spacial score (nSPS) is 14.6. The molecule has 0 saturated carbocycles. The van der Waals surface area contributed by atoms with E-state index in [0.717, 1.165) is 70.6 Å². The van der Waals surface area contributed by atoms with Crippen LogP contribution >= 0.6 is 7.82 Å². The zero-order valence-corrected chi connectivity index (χ0v) is 40.8. The Hall–Kier alpha value is -1.54. The van der Waals surface area contributed by atoms with E-state index < -0.39 is 20.0 Å². The number of phosphoric acid groups is 1. The van der Waals surface area contributed by atoms with E-state index in [2.05, 4.69) is 67.8 Å². The first-order valence-corrected chi connectivity index (χ1v) is 26.4. The number of carbonyl (C=O) groups is 1. The van der Waals surface area contributed by atoms with Gasteiger partial charge in [0.05, 0.1) is 39.9 Å². The number of amides is 1. The summed E-state index contributed by atoms with van der Waals surface area (Å²) in [5, 5.41) is 14.0. The van der Waals surface area contributed by atoms with Crippen LogP contribution in [0.5, 0.6) is 0 Å². The molecule has 60 heavy (non-hydrogen) atoms. The van der Waals surface area contributed by atoms with Gasteiger partial charge < -0.3 is 28.8 Å². The molecule has 3 atom stereocenters. The number of rotatable bonds is 45. The second kappa shape index (κ2) is 42.7. The highest BCUT2D eigenvalue weighted by Crippen LogP contribution is 2.38. The summed E-state index contributed by atoms with van der Waals surface area (Å²) in [7, 11) is 1.30. The molecule has 1 amide bonds. The molecule has 0 fully saturated rings. The smallest absolute Gasteiger partial charge is 0.268 e. The van der Waals surface area contributed by atoms with Gasteiger partial charge in [0.1, 0.15) is 13.2 Å². The first-order valence-electron chi connectivity index (χ1n) is 25.0. The fraction of sp³-hybridized carbons (Fsp3) is 0.824. The van der Waals surface area contributed by atoms with Crippen molar-refractivity contribution in [2.24, 2.45) is 0 Å². The molecule has 0 aromatic heterocycles. The van der Waals surface area contributed by atoms with E-state index in [-0.39, 0.29) is 19.1 Å². The summed E-state index contributed by atoms with van der Waals surface area (Å²) < 4.78 is 23.3. The lowest BCUT2D eigenvalue weighted by atomic mass is 10.0. The molecule has 0 aliphatic carbocycles. The molecule has 0 spiro atoms. The van der Waals surface area contributed by atoms with Crippen LogP contribution in [0.25, 0.3) is 0 Å². The molecule has 0 radical (unpaired) electrons. The largest absolute Gasteiger partial charge is 0.756 e. The van der Waals surface area contributed by atoms with Crippen LogP contribution in [-0.2, 0) is 18.4 Å². The van der Waals surface area contributed by atoms with E-state index in [9.17, 15) is 19.4 Å². The number of nitrogens with zero attached hydrogens (tertiary/aromatic N) is 1. The Labute approximate surface area is 371 Å². The van der Waals surface area contributed by atoms with Gasteiger partial charge in [-0.15, -0.1) is 0 Å². The van der Waals surface area contributed by atoms with Crippen LogP contribution in [-0.4, -0.2) is 68.5 Å². The Bertz CT molecular complexity index is 1120. The molecule has 0 aromatic carbocycles. The van der Waals surface area contributed by atoms with Crippen LogP contribution in [0.1, 0.15) is 219 Å². The van der Waals surface area contributed by atoms with E-state index in [4.69, 9.17) is 9.05 Å². The van der Waals surface area contributed by atoms with Crippen LogP contribution in [0.4, 0.5) is 0 Å². The number of carbonyl (C=O) groups excluding carboxylic acids is 1. The predicted octanol–water partition coefficient (Wildman–Crippen LogP) is 13.8. The molecule has 352 valence electrons. The summed E-state index contributed by atoms with van der Waals surface area (Å²) in [5.74, 6) is -0.174.